The monoisotopic (exact) mass is 334 g/mol. The summed E-state index contributed by atoms with van der Waals surface area (Å²) in [6.45, 7) is 4.00. The lowest BCUT2D eigenvalue weighted by atomic mass is 10.0. The second-order valence-electron chi connectivity index (χ2n) is 6.52. The maximum atomic E-state index is 12.6. The zero-order valence-electron chi connectivity index (χ0n) is 13.7. The number of fused-ring (bicyclic) bond motifs is 1. The summed E-state index contributed by atoms with van der Waals surface area (Å²) in [6.07, 6.45) is 0.832. The van der Waals surface area contributed by atoms with Gasteiger partial charge in [0.2, 0.25) is 5.91 Å². The SMILES string of the molecule is Cc1ccc2[nH]c(C)c(CC(=O)N(C)C3CCS(=O)(=O)C3)c2c1. The van der Waals surface area contributed by atoms with E-state index in [4.69, 9.17) is 0 Å². The fourth-order valence-corrected chi connectivity index (χ4v) is 5.06. The molecule has 124 valence electrons. The van der Waals surface area contributed by atoms with Gasteiger partial charge in [-0.1, -0.05) is 11.6 Å². The van der Waals surface area contributed by atoms with E-state index in [2.05, 4.69) is 11.1 Å². The van der Waals surface area contributed by atoms with E-state index >= 15 is 0 Å². The number of amides is 1. The second-order valence-corrected chi connectivity index (χ2v) is 8.74. The molecule has 1 unspecified atom stereocenters. The van der Waals surface area contributed by atoms with Crippen molar-refractivity contribution in [3.8, 4) is 0 Å². The zero-order chi connectivity index (χ0) is 16.8. The number of aromatic nitrogens is 1. The van der Waals surface area contributed by atoms with E-state index in [-0.39, 0.29) is 23.5 Å². The van der Waals surface area contributed by atoms with Crippen LogP contribution >= 0.6 is 0 Å². The molecule has 23 heavy (non-hydrogen) atoms. The summed E-state index contributed by atoms with van der Waals surface area (Å²) in [5, 5.41) is 1.07. The minimum absolute atomic E-state index is 0.0300. The molecule has 1 aliphatic heterocycles. The highest BCUT2D eigenvalue weighted by molar-refractivity contribution is 7.91. The van der Waals surface area contributed by atoms with Crippen LogP contribution in [0, 0.1) is 13.8 Å². The maximum absolute atomic E-state index is 12.6. The number of nitrogens with zero attached hydrogens (tertiary/aromatic N) is 1. The summed E-state index contributed by atoms with van der Waals surface area (Å²) in [4.78, 5) is 17.5. The third-order valence-corrected chi connectivity index (χ3v) is 6.50. The molecule has 1 saturated heterocycles. The largest absolute Gasteiger partial charge is 0.358 e. The van der Waals surface area contributed by atoms with Crippen molar-refractivity contribution in [2.24, 2.45) is 0 Å². The number of hydrogen-bond acceptors (Lipinski definition) is 3. The lowest BCUT2D eigenvalue weighted by Gasteiger charge is -2.23. The smallest absolute Gasteiger partial charge is 0.227 e. The Bertz CT molecular complexity index is 867. The highest BCUT2D eigenvalue weighted by Gasteiger charge is 2.32. The normalized spacial score (nSPS) is 20.0. The second kappa shape index (κ2) is 5.67. The van der Waals surface area contributed by atoms with E-state index in [9.17, 15) is 13.2 Å². The van der Waals surface area contributed by atoms with Crippen molar-refractivity contribution < 1.29 is 13.2 Å². The van der Waals surface area contributed by atoms with Crippen molar-refractivity contribution in [2.45, 2.75) is 32.7 Å². The van der Waals surface area contributed by atoms with Crippen molar-refractivity contribution >= 4 is 26.6 Å². The average Bonchev–Trinajstić information content (AvgIpc) is 2.99. The molecule has 1 N–H and O–H groups in total. The van der Waals surface area contributed by atoms with E-state index in [1.165, 1.54) is 0 Å². The van der Waals surface area contributed by atoms with Gasteiger partial charge in [0, 0.05) is 29.7 Å². The Morgan fingerprint density at radius 1 is 1.35 bits per heavy atom. The first-order valence-corrected chi connectivity index (χ1v) is 9.63. The van der Waals surface area contributed by atoms with Crippen LogP contribution in [0.3, 0.4) is 0 Å². The number of aryl methyl sites for hydroxylation is 2. The molecule has 1 amide bonds. The topological polar surface area (TPSA) is 70.2 Å². The van der Waals surface area contributed by atoms with E-state index in [1.807, 2.05) is 26.0 Å². The standard InChI is InChI=1S/C17H22N2O3S/c1-11-4-5-16-15(8-11)14(12(2)18-16)9-17(20)19(3)13-6-7-23(21,22)10-13/h4-5,8,13,18H,6-7,9-10H2,1-3H3. The summed E-state index contributed by atoms with van der Waals surface area (Å²) in [7, 11) is -1.27. The fourth-order valence-electron chi connectivity index (χ4n) is 3.28. The van der Waals surface area contributed by atoms with E-state index in [0.717, 1.165) is 27.7 Å². The molecule has 6 heteroatoms. The Labute approximate surface area is 136 Å². The number of sulfone groups is 1. The van der Waals surface area contributed by atoms with Gasteiger partial charge >= 0.3 is 0 Å². The van der Waals surface area contributed by atoms with Gasteiger partial charge in [-0.2, -0.15) is 0 Å². The number of aromatic amines is 1. The third-order valence-electron chi connectivity index (χ3n) is 4.75. The molecule has 2 aromatic rings. The molecule has 0 spiro atoms. The lowest BCUT2D eigenvalue weighted by molar-refractivity contribution is -0.130. The van der Waals surface area contributed by atoms with Gasteiger partial charge in [0.1, 0.15) is 0 Å². The molecule has 1 fully saturated rings. The van der Waals surface area contributed by atoms with E-state index in [1.54, 1.807) is 11.9 Å². The molecule has 3 rings (SSSR count). The van der Waals surface area contributed by atoms with Crippen LogP contribution in [-0.4, -0.2) is 48.8 Å². The minimum Gasteiger partial charge on any atom is -0.358 e. The van der Waals surface area contributed by atoms with E-state index in [0.29, 0.717) is 12.8 Å². The van der Waals surface area contributed by atoms with Gasteiger partial charge in [-0.05, 0) is 38.0 Å². The van der Waals surface area contributed by atoms with Crippen LogP contribution < -0.4 is 0 Å². The third kappa shape index (κ3) is 3.13. The molecule has 1 aromatic carbocycles. The van der Waals surface area contributed by atoms with Crippen molar-refractivity contribution in [3.05, 3.63) is 35.0 Å². The van der Waals surface area contributed by atoms with Gasteiger partial charge in [0.25, 0.3) is 0 Å². The number of rotatable bonds is 3. The molecule has 0 saturated carbocycles. The van der Waals surface area contributed by atoms with E-state index < -0.39 is 9.84 Å². The summed E-state index contributed by atoms with van der Waals surface area (Å²) in [6, 6.07) is 5.96. The Balaban J connectivity index is 1.83. The average molecular weight is 334 g/mol. The van der Waals surface area contributed by atoms with Crippen LogP contribution in [0.4, 0.5) is 0 Å². The van der Waals surface area contributed by atoms with Crippen molar-refractivity contribution in [1.29, 1.82) is 0 Å². The molecule has 0 bridgehead atoms. The minimum atomic E-state index is -2.98. The first kappa shape index (κ1) is 16.1. The van der Waals surface area contributed by atoms with Crippen LogP contribution in [0.2, 0.25) is 0 Å². The molecule has 1 aromatic heterocycles. The highest BCUT2D eigenvalue weighted by Crippen LogP contribution is 2.25. The van der Waals surface area contributed by atoms with Crippen LogP contribution in [0.1, 0.15) is 23.2 Å². The van der Waals surface area contributed by atoms with Gasteiger partial charge in [0.05, 0.1) is 17.9 Å². The van der Waals surface area contributed by atoms with Gasteiger partial charge in [0.15, 0.2) is 9.84 Å². The number of carbonyl (C=O) groups excluding carboxylic acids is 1. The Morgan fingerprint density at radius 2 is 2.09 bits per heavy atom. The van der Waals surface area contributed by atoms with Gasteiger partial charge in [-0.3, -0.25) is 4.79 Å². The number of benzene rings is 1. The van der Waals surface area contributed by atoms with Crippen LogP contribution in [-0.2, 0) is 21.1 Å². The van der Waals surface area contributed by atoms with Crippen LogP contribution in [0.15, 0.2) is 18.2 Å². The van der Waals surface area contributed by atoms with Crippen LogP contribution in [0.5, 0.6) is 0 Å². The summed E-state index contributed by atoms with van der Waals surface area (Å²) in [5.41, 5.74) is 4.18. The van der Waals surface area contributed by atoms with Crippen LogP contribution in [0.25, 0.3) is 10.9 Å². The number of hydrogen-bond donors (Lipinski definition) is 1. The molecule has 0 aliphatic carbocycles. The number of carbonyl (C=O) groups is 1. The first-order chi connectivity index (χ1) is 10.8. The zero-order valence-corrected chi connectivity index (χ0v) is 14.5. The summed E-state index contributed by atoms with van der Waals surface area (Å²) < 4.78 is 23.2. The van der Waals surface area contributed by atoms with Crippen molar-refractivity contribution in [3.63, 3.8) is 0 Å². The predicted octanol–water partition coefficient (Wildman–Crippen LogP) is 1.97. The molecular weight excluding hydrogens is 312 g/mol. The summed E-state index contributed by atoms with van der Waals surface area (Å²) in [5.74, 6) is 0.236. The van der Waals surface area contributed by atoms with Gasteiger partial charge in [-0.15, -0.1) is 0 Å². The number of nitrogens with one attached hydrogen (secondary N) is 1. The molecule has 1 aliphatic rings. The number of H-pyrrole nitrogens is 1. The molecule has 1 atom stereocenters. The predicted molar refractivity (Wildman–Crippen MR) is 91.3 cm³/mol. The first-order valence-electron chi connectivity index (χ1n) is 7.81. The van der Waals surface area contributed by atoms with Gasteiger partial charge < -0.3 is 9.88 Å². The maximum Gasteiger partial charge on any atom is 0.227 e. The molecular formula is C17H22N2O3S. The fraction of sp³-hybridized carbons (Fsp3) is 0.471. The lowest BCUT2D eigenvalue weighted by Crippen LogP contribution is -2.38. The Kier molecular flexibility index (Phi) is 3.96. The molecule has 5 nitrogen and oxygen atoms in total. The molecule has 0 radical (unpaired) electrons. The quantitative estimate of drug-likeness (QED) is 0.933. The van der Waals surface area contributed by atoms with Gasteiger partial charge in [-0.25, -0.2) is 8.42 Å². The molecule has 2 heterocycles. The van der Waals surface area contributed by atoms with Crippen molar-refractivity contribution in [1.82, 2.24) is 9.88 Å². The highest BCUT2D eigenvalue weighted by atomic mass is 32.2. The Hall–Kier alpha value is -1.82. The summed E-state index contributed by atoms with van der Waals surface area (Å²) >= 11 is 0. The Morgan fingerprint density at radius 3 is 2.74 bits per heavy atom. The van der Waals surface area contributed by atoms with Crippen molar-refractivity contribution in [2.75, 3.05) is 18.6 Å². The number of likely N-dealkylation sites (N-methyl/N-ethyl adjacent to an activating group) is 1.